The minimum atomic E-state index is 0.0983. The second-order valence-electron chi connectivity index (χ2n) is 8.22. The van der Waals surface area contributed by atoms with Crippen LogP contribution in [0.5, 0.6) is 0 Å². The zero-order valence-corrected chi connectivity index (χ0v) is 18.5. The quantitative estimate of drug-likeness (QED) is 0.217. The number of nitrogens with one attached hydrogen (secondary N) is 4. The van der Waals surface area contributed by atoms with E-state index in [1.807, 2.05) is 0 Å². The average Bonchev–Trinajstić information content (AvgIpc) is 2.58. The van der Waals surface area contributed by atoms with Crippen molar-refractivity contribution in [3.05, 3.63) is 0 Å². The first-order valence-corrected chi connectivity index (χ1v) is 10.1. The summed E-state index contributed by atoms with van der Waals surface area (Å²) in [6.07, 6.45) is 0. The Balaban J connectivity index is 3.63. The first-order valence-electron chi connectivity index (χ1n) is 10.1. The monoisotopic (exact) mass is 373 g/mol. The summed E-state index contributed by atoms with van der Waals surface area (Å²) in [6, 6.07) is 0. The van der Waals surface area contributed by atoms with Gasteiger partial charge >= 0.3 is 0 Å². The van der Waals surface area contributed by atoms with Gasteiger partial charge in [-0.1, -0.05) is 0 Å². The van der Waals surface area contributed by atoms with Crippen molar-refractivity contribution in [3.8, 4) is 0 Å². The summed E-state index contributed by atoms with van der Waals surface area (Å²) in [5.74, 6) is 0. The Bertz CT molecular complexity index is 332. The molecular weight excluding hydrogens is 326 g/mol. The van der Waals surface area contributed by atoms with Crippen LogP contribution >= 0.6 is 0 Å². The van der Waals surface area contributed by atoms with E-state index in [1.54, 1.807) is 0 Å². The molecule has 0 heterocycles. The molecule has 0 radical (unpaired) electrons. The van der Waals surface area contributed by atoms with Gasteiger partial charge in [0.25, 0.3) is 0 Å². The molecule has 0 spiro atoms. The molecule has 0 aliphatic heterocycles. The Morgan fingerprint density at radius 2 is 1.00 bits per heavy atom. The minimum absolute atomic E-state index is 0.0983. The molecule has 0 fully saturated rings. The summed E-state index contributed by atoms with van der Waals surface area (Å²) in [6.45, 7) is 18.9. The molecule has 0 saturated heterocycles. The molecule has 158 valence electrons. The lowest BCUT2D eigenvalue weighted by Crippen LogP contribution is -2.63. The topological polar surface area (TPSA) is 80.6 Å². The molecular formula is C19H47N7. The number of nitrogens with two attached hydrogens (primary N) is 1. The second kappa shape index (κ2) is 13.8. The van der Waals surface area contributed by atoms with E-state index in [-0.39, 0.29) is 11.1 Å². The Morgan fingerprint density at radius 1 is 0.615 bits per heavy atom. The summed E-state index contributed by atoms with van der Waals surface area (Å²) in [5, 5.41) is 13.7. The summed E-state index contributed by atoms with van der Waals surface area (Å²) < 4.78 is 0. The van der Waals surface area contributed by atoms with Gasteiger partial charge in [-0.3, -0.25) is 4.90 Å². The van der Waals surface area contributed by atoms with Crippen molar-refractivity contribution in [2.75, 3.05) is 86.6 Å². The van der Waals surface area contributed by atoms with Gasteiger partial charge in [0.05, 0.1) is 0 Å². The highest BCUT2D eigenvalue weighted by atomic mass is 15.3. The van der Waals surface area contributed by atoms with E-state index in [1.165, 1.54) is 0 Å². The molecule has 6 N–H and O–H groups in total. The molecule has 0 aliphatic carbocycles. The van der Waals surface area contributed by atoms with Crippen molar-refractivity contribution < 1.29 is 0 Å². The van der Waals surface area contributed by atoms with Crippen LogP contribution in [0.4, 0.5) is 0 Å². The normalized spacial score (nSPS) is 13.2. The SMILES string of the molecule is CN(C)C(C)(C)C(C)(C)N(C)CCNCCNCCNCCNCCN. The van der Waals surface area contributed by atoms with Crippen LogP contribution in [0.3, 0.4) is 0 Å². The molecule has 0 unspecified atom stereocenters. The predicted octanol–water partition coefficient (Wildman–Crippen LogP) is -0.646. The van der Waals surface area contributed by atoms with E-state index in [0.717, 1.165) is 58.9 Å². The van der Waals surface area contributed by atoms with Crippen molar-refractivity contribution in [2.24, 2.45) is 5.73 Å². The molecule has 0 aromatic rings. The second-order valence-corrected chi connectivity index (χ2v) is 8.22. The molecule has 7 heteroatoms. The van der Waals surface area contributed by atoms with E-state index < -0.39 is 0 Å². The van der Waals surface area contributed by atoms with Crippen LogP contribution in [-0.4, -0.2) is 107 Å². The van der Waals surface area contributed by atoms with Crippen LogP contribution in [0.25, 0.3) is 0 Å². The van der Waals surface area contributed by atoms with Gasteiger partial charge in [-0.15, -0.1) is 0 Å². The Kier molecular flexibility index (Phi) is 13.7. The van der Waals surface area contributed by atoms with Crippen LogP contribution in [0.1, 0.15) is 27.7 Å². The molecule has 0 bridgehead atoms. The van der Waals surface area contributed by atoms with E-state index >= 15 is 0 Å². The van der Waals surface area contributed by atoms with Gasteiger partial charge in [0.1, 0.15) is 0 Å². The average molecular weight is 374 g/mol. The van der Waals surface area contributed by atoms with Crippen molar-refractivity contribution >= 4 is 0 Å². The minimum Gasteiger partial charge on any atom is -0.329 e. The van der Waals surface area contributed by atoms with Crippen LogP contribution in [0, 0.1) is 0 Å². The summed E-state index contributed by atoms with van der Waals surface area (Å²) in [7, 11) is 6.54. The van der Waals surface area contributed by atoms with Crippen molar-refractivity contribution in [1.29, 1.82) is 0 Å². The molecule has 0 aromatic carbocycles. The fraction of sp³-hybridized carbons (Fsp3) is 1.00. The van der Waals surface area contributed by atoms with Gasteiger partial charge in [-0.2, -0.15) is 0 Å². The molecule has 0 amide bonds. The maximum atomic E-state index is 5.42. The van der Waals surface area contributed by atoms with Gasteiger partial charge in [0.15, 0.2) is 0 Å². The van der Waals surface area contributed by atoms with E-state index in [4.69, 9.17) is 5.73 Å². The molecule has 0 aliphatic rings. The first-order chi connectivity index (χ1) is 12.2. The predicted molar refractivity (Wildman–Crippen MR) is 115 cm³/mol. The largest absolute Gasteiger partial charge is 0.329 e. The van der Waals surface area contributed by atoms with Crippen LogP contribution in [0.2, 0.25) is 0 Å². The zero-order valence-electron chi connectivity index (χ0n) is 18.5. The summed E-state index contributed by atoms with van der Waals surface area (Å²) in [5.41, 5.74) is 5.63. The van der Waals surface area contributed by atoms with E-state index in [0.29, 0.717) is 6.54 Å². The zero-order chi connectivity index (χ0) is 20.1. The number of hydrogen-bond acceptors (Lipinski definition) is 7. The van der Waals surface area contributed by atoms with Gasteiger partial charge in [-0.25, -0.2) is 0 Å². The Labute approximate surface area is 162 Å². The van der Waals surface area contributed by atoms with Gasteiger partial charge < -0.3 is 31.9 Å². The Hall–Kier alpha value is -0.280. The van der Waals surface area contributed by atoms with E-state index in [9.17, 15) is 0 Å². The molecule has 0 rings (SSSR count). The van der Waals surface area contributed by atoms with Crippen molar-refractivity contribution in [2.45, 2.75) is 38.8 Å². The highest BCUT2D eigenvalue weighted by Gasteiger charge is 2.41. The van der Waals surface area contributed by atoms with E-state index in [2.05, 4.69) is 79.9 Å². The lowest BCUT2D eigenvalue weighted by Gasteiger charge is -2.51. The molecule has 26 heavy (non-hydrogen) atoms. The molecule has 0 atom stereocenters. The summed E-state index contributed by atoms with van der Waals surface area (Å²) in [4.78, 5) is 4.76. The lowest BCUT2D eigenvalue weighted by molar-refractivity contribution is 0.00186. The smallest absolute Gasteiger partial charge is 0.0328 e. The maximum Gasteiger partial charge on any atom is 0.0328 e. The fourth-order valence-corrected chi connectivity index (χ4v) is 2.67. The van der Waals surface area contributed by atoms with Gasteiger partial charge in [0.2, 0.25) is 0 Å². The van der Waals surface area contributed by atoms with Crippen LogP contribution < -0.4 is 27.0 Å². The van der Waals surface area contributed by atoms with Crippen LogP contribution in [-0.2, 0) is 0 Å². The molecule has 7 nitrogen and oxygen atoms in total. The van der Waals surface area contributed by atoms with Gasteiger partial charge in [-0.05, 0) is 48.8 Å². The lowest BCUT2D eigenvalue weighted by atomic mass is 9.80. The standard InChI is InChI=1S/C19H47N7/c1-18(2,25(5)6)19(3,4)26(7)17-16-24-15-14-23-13-12-22-11-10-21-9-8-20/h21-24H,8-17,20H2,1-7H3. The Morgan fingerprint density at radius 3 is 1.38 bits per heavy atom. The highest BCUT2D eigenvalue weighted by Crippen LogP contribution is 2.30. The first kappa shape index (κ1) is 25.7. The number of rotatable bonds is 17. The number of nitrogens with zero attached hydrogens (tertiary/aromatic N) is 2. The molecule has 0 saturated carbocycles. The van der Waals surface area contributed by atoms with Crippen molar-refractivity contribution in [1.82, 2.24) is 31.1 Å². The number of hydrogen-bond donors (Lipinski definition) is 5. The van der Waals surface area contributed by atoms with Gasteiger partial charge in [0, 0.05) is 76.5 Å². The molecule has 0 aromatic heterocycles. The van der Waals surface area contributed by atoms with Crippen molar-refractivity contribution in [3.63, 3.8) is 0 Å². The fourth-order valence-electron chi connectivity index (χ4n) is 2.67. The third kappa shape index (κ3) is 9.60. The third-order valence-corrected chi connectivity index (χ3v) is 5.95. The number of likely N-dealkylation sites (N-methyl/N-ethyl adjacent to an activating group) is 2. The summed E-state index contributed by atoms with van der Waals surface area (Å²) >= 11 is 0. The third-order valence-electron chi connectivity index (χ3n) is 5.95. The highest BCUT2D eigenvalue weighted by molar-refractivity contribution is 5.00. The van der Waals surface area contributed by atoms with Crippen LogP contribution in [0.15, 0.2) is 0 Å². The maximum absolute atomic E-state index is 5.42.